The third-order valence-corrected chi connectivity index (χ3v) is 2.85. The van der Waals surface area contributed by atoms with Crippen LogP contribution in [0.3, 0.4) is 0 Å². The van der Waals surface area contributed by atoms with Gasteiger partial charge in [0.2, 0.25) is 0 Å². The SMILES string of the molecule is COc1cccc(O)c1C(=O)NCc1ccccc1F. The number of hydrogen-bond donors (Lipinski definition) is 2. The molecule has 0 aliphatic heterocycles. The van der Waals surface area contributed by atoms with Crippen molar-refractivity contribution in [3.05, 3.63) is 59.4 Å². The van der Waals surface area contributed by atoms with Crippen molar-refractivity contribution >= 4 is 5.91 Å². The summed E-state index contributed by atoms with van der Waals surface area (Å²) in [5.74, 6) is -0.841. The first kappa shape index (κ1) is 13.9. The lowest BCUT2D eigenvalue weighted by atomic mass is 10.1. The minimum atomic E-state index is -0.525. The molecule has 2 aromatic rings. The van der Waals surface area contributed by atoms with Gasteiger partial charge in [0.15, 0.2) is 0 Å². The first-order valence-electron chi connectivity index (χ1n) is 6.01. The number of rotatable bonds is 4. The molecule has 0 radical (unpaired) electrons. The van der Waals surface area contributed by atoms with Crippen LogP contribution in [-0.2, 0) is 6.54 Å². The quantitative estimate of drug-likeness (QED) is 0.901. The first-order valence-corrected chi connectivity index (χ1v) is 6.01. The summed E-state index contributed by atoms with van der Waals surface area (Å²) in [6.07, 6.45) is 0. The topological polar surface area (TPSA) is 58.6 Å². The Morgan fingerprint density at radius 2 is 2.00 bits per heavy atom. The highest BCUT2D eigenvalue weighted by molar-refractivity contribution is 5.99. The lowest BCUT2D eigenvalue weighted by molar-refractivity contribution is 0.0944. The maximum Gasteiger partial charge on any atom is 0.259 e. The number of halogens is 1. The van der Waals surface area contributed by atoms with Crippen molar-refractivity contribution in [3.63, 3.8) is 0 Å². The maximum absolute atomic E-state index is 13.4. The van der Waals surface area contributed by atoms with E-state index in [0.717, 1.165) is 0 Å². The molecule has 20 heavy (non-hydrogen) atoms. The smallest absolute Gasteiger partial charge is 0.259 e. The fourth-order valence-corrected chi connectivity index (χ4v) is 1.82. The molecule has 0 atom stereocenters. The molecule has 2 rings (SSSR count). The van der Waals surface area contributed by atoms with Gasteiger partial charge in [0, 0.05) is 12.1 Å². The molecule has 0 aliphatic rings. The molecule has 0 bridgehead atoms. The van der Waals surface area contributed by atoms with Crippen LogP contribution in [-0.4, -0.2) is 18.1 Å². The number of benzene rings is 2. The van der Waals surface area contributed by atoms with E-state index < -0.39 is 11.7 Å². The van der Waals surface area contributed by atoms with E-state index in [9.17, 15) is 14.3 Å². The van der Waals surface area contributed by atoms with E-state index in [1.165, 1.54) is 19.2 Å². The summed E-state index contributed by atoms with van der Waals surface area (Å²) < 4.78 is 18.5. The predicted molar refractivity (Wildman–Crippen MR) is 72.2 cm³/mol. The average molecular weight is 275 g/mol. The summed E-state index contributed by atoms with van der Waals surface area (Å²) in [6, 6.07) is 10.7. The van der Waals surface area contributed by atoms with Gasteiger partial charge in [-0.15, -0.1) is 0 Å². The fraction of sp³-hybridized carbons (Fsp3) is 0.133. The minimum absolute atomic E-state index is 0.0307. The molecule has 0 aromatic heterocycles. The molecule has 4 nitrogen and oxygen atoms in total. The van der Waals surface area contributed by atoms with Crippen LogP contribution in [0, 0.1) is 5.82 Å². The molecule has 0 heterocycles. The second-order valence-electron chi connectivity index (χ2n) is 4.13. The molecule has 0 saturated carbocycles. The van der Waals surface area contributed by atoms with Crippen LogP contribution in [0.4, 0.5) is 4.39 Å². The molecule has 0 aliphatic carbocycles. The lowest BCUT2D eigenvalue weighted by Crippen LogP contribution is -2.24. The number of carbonyl (C=O) groups is 1. The van der Waals surface area contributed by atoms with Gasteiger partial charge >= 0.3 is 0 Å². The Labute approximate surface area is 115 Å². The summed E-state index contributed by atoms with van der Waals surface area (Å²) >= 11 is 0. The summed E-state index contributed by atoms with van der Waals surface area (Å²) in [4.78, 5) is 12.1. The van der Waals surface area contributed by atoms with E-state index in [4.69, 9.17) is 4.74 Å². The number of hydrogen-bond acceptors (Lipinski definition) is 3. The largest absolute Gasteiger partial charge is 0.507 e. The number of aromatic hydroxyl groups is 1. The van der Waals surface area contributed by atoms with Gasteiger partial charge < -0.3 is 15.2 Å². The number of phenols is 1. The van der Waals surface area contributed by atoms with Gasteiger partial charge in [-0.05, 0) is 18.2 Å². The molecular formula is C15H14FNO3. The molecule has 0 saturated heterocycles. The van der Waals surface area contributed by atoms with Crippen molar-refractivity contribution in [1.29, 1.82) is 0 Å². The summed E-state index contributed by atoms with van der Waals surface area (Å²) in [7, 11) is 1.41. The van der Waals surface area contributed by atoms with Crippen LogP contribution >= 0.6 is 0 Å². The number of methoxy groups -OCH3 is 1. The number of amides is 1. The third-order valence-electron chi connectivity index (χ3n) is 2.85. The van der Waals surface area contributed by atoms with E-state index in [-0.39, 0.29) is 23.6 Å². The van der Waals surface area contributed by atoms with Gasteiger partial charge in [0.05, 0.1) is 7.11 Å². The second-order valence-corrected chi connectivity index (χ2v) is 4.13. The highest BCUT2D eigenvalue weighted by Crippen LogP contribution is 2.27. The Morgan fingerprint density at radius 1 is 1.25 bits per heavy atom. The van der Waals surface area contributed by atoms with Gasteiger partial charge in [-0.1, -0.05) is 24.3 Å². The van der Waals surface area contributed by atoms with E-state index in [2.05, 4.69) is 5.32 Å². The Balaban J connectivity index is 2.15. The summed E-state index contributed by atoms with van der Waals surface area (Å²) in [5.41, 5.74) is 0.404. The number of nitrogens with one attached hydrogen (secondary N) is 1. The monoisotopic (exact) mass is 275 g/mol. The van der Waals surface area contributed by atoms with Crippen LogP contribution in [0.15, 0.2) is 42.5 Å². The average Bonchev–Trinajstić information content (AvgIpc) is 2.45. The van der Waals surface area contributed by atoms with Crippen molar-refractivity contribution < 1.29 is 19.0 Å². The number of carbonyl (C=O) groups excluding carboxylic acids is 1. The molecular weight excluding hydrogens is 261 g/mol. The normalized spacial score (nSPS) is 10.1. The molecule has 1 amide bonds. The summed E-state index contributed by atoms with van der Waals surface area (Å²) in [6.45, 7) is 0.0307. The minimum Gasteiger partial charge on any atom is -0.507 e. The van der Waals surface area contributed by atoms with Crippen LogP contribution in [0.25, 0.3) is 0 Å². The number of phenolic OH excluding ortho intramolecular Hbond substituents is 1. The van der Waals surface area contributed by atoms with Gasteiger partial charge in [-0.3, -0.25) is 4.79 Å². The molecule has 0 unspecified atom stereocenters. The molecule has 104 valence electrons. The van der Waals surface area contributed by atoms with Crippen molar-refractivity contribution in [1.82, 2.24) is 5.32 Å². The Bertz CT molecular complexity index is 628. The maximum atomic E-state index is 13.4. The molecule has 0 fully saturated rings. The second kappa shape index (κ2) is 6.06. The molecule has 0 spiro atoms. The van der Waals surface area contributed by atoms with Crippen molar-refractivity contribution in [3.8, 4) is 11.5 Å². The highest BCUT2D eigenvalue weighted by atomic mass is 19.1. The van der Waals surface area contributed by atoms with Gasteiger partial charge in [-0.25, -0.2) is 4.39 Å². The van der Waals surface area contributed by atoms with Gasteiger partial charge in [-0.2, -0.15) is 0 Å². The zero-order chi connectivity index (χ0) is 14.5. The van der Waals surface area contributed by atoms with Crippen LogP contribution in [0.1, 0.15) is 15.9 Å². The number of ether oxygens (including phenoxy) is 1. The van der Waals surface area contributed by atoms with E-state index in [1.54, 1.807) is 30.3 Å². The van der Waals surface area contributed by atoms with E-state index in [0.29, 0.717) is 5.56 Å². The van der Waals surface area contributed by atoms with E-state index in [1.807, 2.05) is 0 Å². The zero-order valence-corrected chi connectivity index (χ0v) is 10.9. The Morgan fingerprint density at radius 3 is 2.70 bits per heavy atom. The Hall–Kier alpha value is -2.56. The van der Waals surface area contributed by atoms with Gasteiger partial charge in [0.1, 0.15) is 22.9 Å². The standard InChI is InChI=1S/C15H14FNO3/c1-20-13-8-4-7-12(18)14(13)15(19)17-9-10-5-2-3-6-11(10)16/h2-8,18H,9H2,1H3,(H,17,19). The van der Waals surface area contributed by atoms with Crippen LogP contribution in [0.5, 0.6) is 11.5 Å². The van der Waals surface area contributed by atoms with Crippen molar-refractivity contribution in [2.75, 3.05) is 7.11 Å². The predicted octanol–water partition coefficient (Wildman–Crippen LogP) is 2.47. The first-order chi connectivity index (χ1) is 9.63. The van der Waals surface area contributed by atoms with Crippen LogP contribution < -0.4 is 10.1 Å². The van der Waals surface area contributed by atoms with Crippen molar-refractivity contribution in [2.45, 2.75) is 6.54 Å². The molecule has 2 aromatic carbocycles. The highest BCUT2D eigenvalue weighted by Gasteiger charge is 2.17. The van der Waals surface area contributed by atoms with Crippen molar-refractivity contribution in [2.24, 2.45) is 0 Å². The zero-order valence-electron chi connectivity index (χ0n) is 10.9. The molecule has 5 heteroatoms. The van der Waals surface area contributed by atoms with E-state index >= 15 is 0 Å². The van der Waals surface area contributed by atoms with Crippen LogP contribution in [0.2, 0.25) is 0 Å². The van der Waals surface area contributed by atoms with Gasteiger partial charge in [0.25, 0.3) is 5.91 Å². The third kappa shape index (κ3) is 2.88. The molecule has 2 N–H and O–H groups in total. The Kier molecular flexibility index (Phi) is 4.20. The fourth-order valence-electron chi connectivity index (χ4n) is 1.82. The lowest BCUT2D eigenvalue weighted by Gasteiger charge is -2.11. The summed E-state index contributed by atoms with van der Waals surface area (Å²) in [5, 5.41) is 12.3.